The van der Waals surface area contributed by atoms with Gasteiger partial charge in [-0.2, -0.15) is 0 Å². The highest BCUT2D eigenvalue weighted by Crippen LogP contribution is 2.39. The Hall–Kier alpha value is -3.35. The van der Waals surface area contributed by atoms with E-state index in [0.717, 1.165) is 6.07 Å². The summed E-state index contributed by atoms with van der Waals surface area (Å²) in [4.78, 5) is 29.6. The van der Waals surface area contributed by atoms with Gasteiger partial charge in [-0.15, -0.1) is 0 Å². The molecule has 0 aliphatic carbocycles. The van der Waals surface area contributed by atoms with Gasteiger partial charge in [0.05, 0.1) is 5.56 Å². The van der Waals surface area contributed by atoms with Crippen LogP contribution in [0.4, 0.5) is 0 Å². The molecule has 2 N–H and O–H groups in total. The maximum Gasteiger partial charge on any atom is 0.258 e. The van der Waals surface area contributed by atoms with E-state index in [0.29, 0.717) is 35.6 Å². The summed E-state index contributed by atoms with van der Waals surface area (Å²) in [6.45, 7) is 8.05. The number of aryl methyl sites for hydroxylation is 1. The first-order valence-electron chi connectivity index (χ1n) is 9.58. The van der Waals surface area contributed by atoms with Gasteiger partial charge in [0.15, 0.2) is 0 Å². The number of rotatable bonds is 5. The van der Waals surface area contributed by atoms with Crippen LogP contribution in [0.15, 0.2) is 46.2 Å². The van der Waals surface area contributed by atoms with Gasteiger partial charge in [-0.3, -0.25) is 14.6 Å². The minimum atomic E-state index is -0.762. The fourth-order valence-electron chi connectivity index (χ4n) is 3.99. The molecule has 0 aliphatic rings. The lowest BCUT2D eigenvalue weighted by Gasteiger charge is -2.24. The van der Waals surface area contributed by atoms with Crippen molar-refractivity contribution in [2.75, 3.05) is 0 Å². The van der Waals surface area contributed by atoms with Crippen LogP contribution >= 0.6 is 0 Å². The third-order valence-corrected chi connectivity index (χ3v) is 5.37. The minimum Gasteiger partial charge on any atom is -0.507 e. The third-order valence-electron chi connectivity index (χ3n) is 5.37. The minimum absolute atomic E-state index is 0.146. The van der Waals surface area contributed by atoms with Gasteiger partial charge < -0.3 is 19.3 Å². The SMILES string of the molecule is CCn1c(C)c(C(c2ccncc2)c2c(O)cc(C)n(CC)c2=O)c(O)cc1=O. The highest BCUT2D eigenvalue weighted by molar-refractivity contribution is 5.53. The second-order valence-electron chi connectivity index (χ2n) is 6.96. The summed E-state index contributed by atoms with van der Waals surface area (Å²) in [6.07, 6.45) is 3.18. The van der Waals surface area contributed by atoms with Crippen LogP contribution in [-0.4, -0.2) is 24.3 Å². The van der Waals surface area contributed by atoms with Gasteiger partial charge >= 0.3 is 0 Å². The van der Waals surface area contributed by atoms with Gasteiger partial charge in [0.2, 0.25) is 0 Å². The van der Waals surface area contributed by atoms with E-state index in [1.165, 1.54) is 4.57 Å². The first-order valence-corrected chi connectivity index (χ1v) is 9.58. The second-order valence-corrected chi connectivity index (χ2v) is 6.96. The predicted octanol–water partition coefficient (Wildman–Crippen LogP) is 2.65. The zero-order valence-electron chi connectivity index (χ0n) is 17.0. The van der Waals surface area contributed by atoms with Crippen LogP contribution in [0.2, 0.25) is 0 Å². The van der Waals surface area contributed by atoms with E-state index in [-0.39, 0.29) is 28.2 Å². The van der Waals surface area contributed by atoms with Gasteiger partial charge in [0, 0.05) is 54.4 Å². The summed E-state index contributed by atoms with van der Waals surface area (Å²) < 4.78 is 3.11. The zero-order chi connectivity index (χ0) is 21.3. The summed E-state index contributed by atoms with van der Waals surface area (Å²) in [6, 6.07) is 6.18. The Morgan fingerprint density at radius 3 is 2.10 bits per heavy atom. The van der Waals surface area contributed by atoms with Crippen molar-refractivity contribution in [1.82, 2.24) is 14.1 Å². The van der Waals surface area contributed by atoms with Crippen LogP contribution in [0.3, 0.4) is 0 Å². The molecule has 3 heterocycles. The van der Waals surface area contributed by atoms with Crippen molar-refractivity contribution in [3.05, 3.63) is 85.4 Å². The number of aromatic nitrogens is 3. The van der Waals surface area contributed by atoms with Gasteiger partial charge in [0.1, 0.15) is 11.5 Å². The number of nitrogens with zero attached hydrogens (tertiary/aromatic N) is 3. The first kappa shape index (κ1) is 20.4. The molecule has 0 saturated carbocycles. The molecule has 1 atom stereocenters. The molecule has 0 amide bonds. The lowest BCUT2D eigenvalue weighted by Crippen LogP contribution is -2.29. The third kappa shape index (κ3) is 3.44. The van der Waals surface area contributed by atoms with Crippen LogP contribution in [0.5, 0.6) is 11.5 Å². The summed E-state index contributed by atoms with van der Waals surface area (Å²) in [5, 5.41) is 21.5. The molecule has 152 valence electrons. The molecule has 3 rings (SSSR count). The van der Waals surface area contributed by atoms with E-state index in [2.05, 4.69) is 4.98 Å². The Balaban J connectivity index is 2.46. The van der Waals surface area contributed by atoms with Crippen molar-refractivity contribution in [1.29, 1.82) is 0 Å². The van der Waals surface area contributed by atoms with Crippen LogP contribution in [0.25, 0.3) is 0 Å². The van der Waals surface area contributed by atoms with Crippen molar-refractivity contribution in [2.24, 2.45) is 0 Å². The molecule has 1 unspecified atom stereocenters. The fourth-order valence-corrected chi connectivity index (χ4v) is 3.99. The molecule has 7 nitrogen and oxygen atoms in total. The Morgan fingerprint density at radius 2 is 1.52 bits per heavy atom. The molecule has 0 fully saturated rings. The van der Waals surface area contributed by atoms with Crippen LogP contribution in [0.1, 0.15) is 47.8 Å². The highest BCUT2D eigenvalue weighted by atomic mass is 16.3. The summed E-state index contributed by atoms with van der Waals surface area (Å²) in [5.74, 6) is -1.12. The van der Waals surface area contributed by atoms with E-state index in [4.69, 9.17) is 0 Å². The summed E-state index contributed by atoms with van der Waals surface area (Å²) in [7, 11) is 0. The number of hydrogen-bond donors (Lipinski definition) is 2. The maximum atomic E-state index is 13.3. The normalized spacial score (nSPS) is 12.1. The predicted molar refractivity (Wildman–Crippen MR) is 111 cm³/mol. The van der Waals surface area contributed by atoms with Crippen LogP contribution in [-0.2, 0) is 13.1 Å². The van der Waals surface area contributed by atoms with Crippen molar-refractivity contribution < 1.29 is 10.2 Å². The molecule has 0 aliphatic heterocycles. The summed E-state index contributed by atoms with van der Waals surface area (Å²) in [5.41, 5.74) is 1.78. The van der Waals surface area contributed by atoms with E-state index < -0.39 is 5.92 Å². The lowest BCUT2D eigenvalue weighted by molar-refractivity contribution is 0.449. The number of pyridine rings is 3. The lowest BCUT2D eigenvalue weighted by atomic mass is 9.84. The smallest absolute Gasteiger partial charge is 0.258 e. The second kappa shape index (κ2) is 7.95. The number of hydrogen-bond acceptors (Lipinski definition) is 5. The molecule has 0 spiro atoms. The molecule has 7 heteroatoms. The van der Waals surface area contributed by atoms with E-state index in [9.17, 15) is 19.8 Å². The molecule has 0 bridgehead atoms. The van der Waals surface area contributed by atoms with E-state index in [1.54, 1.807) is 49.0 Å². The number of aromatic hydroxyl groups is 2. The molecule has 3 aromatic rings. The van der Waals surface area contributed by atoms with Gasteiger partial charge in [-0.05, 0) is 51.5 Å². The van der Waals surface area contributed by atoms with Gasteiger partial charge in [0.25, 0.3) is 11.1 Å². The Labute approximate surface area is 168 Å². The van der Waals surface area contributed by atoms with Crippen molar-refractivity contribution in [3.8, 4) is 11.5 Å². The highest BCUT2D eigenvalue weighted by Gasteiger charge is 2.30. The zero-order valence-corrected chi connectivity index (χ0v) is 17.0. The molecule has 29 heavy (non-hydrogen) atoms. The Morgan fingerprint density at radius 1 is 0.931 bits per heavy atom. The largest absolute Gasteiger partial charge is 0.507 e. The van der Waals surface area contributed by atoms with Crippen molar-refractivity contribution in [3.63, 3.8) is 0 Å². The standard InChI is InChI=1S/C22H25N3O4/c1-5-24-13(3)11-16(26)21(22(24)29)20(15-7-9-23-10-8-15)19-14(4)25(6-2)18(28)12-17(19)27/h7-12,20,26-27H,5-6H2,1-4H3. The van der Waals surface area contributed by atoms with E-state index in [1.807, 2.05) is 13.8 Å². The monoisotopic (exact) mass is 395 g/mol. The molecule has 0 radical (unpaired) electrons. The quantitative estimate of drug-likeness (QED) is 0.692. The average molecular weight is 395 g/mol. The summed E-state index contributed by atoms with van der Waals surface area (Å²) >= 11 is 0. The fraction of sp³-hybridized carbons (Fsp3) is 0.318. The molecular formula is C22H25N3O4. The Kier molecular flexibility index (Phi) is 5.59. The molecule has 0 saturated heterocycles. The van der Waals surface area contributed by atoms with Crippen LogP contribution < -0.4 is 11.1 Å². The maximum absolute atomic E-state index is 13.3. The van der Waals surface area contributed by atoms with E-state index >= 15 is 0 Å². The molecule has 0 aromatic carbocycles. The Bertz CT molecular complexity index is 1160. The first-order chi connectivity index (χ1) is 13.8. The van der Waals surface area contributed by atoms with Gasteiger partial charge in [-0.25, -0.2) is 0 Å². The van der Waals surface area contributed by atoms with Gasteiger partial charge in [-0.1, -0.05) is 0 Å². The van der Waals surface area contributed by atoms with Crippen LogP contribution in [0, 0.1) is 13.8 Å². The topological polar surface area (TPSA) is 97.3 Å². The molecular weight excluding hydrogens is 370 g/mol. The van der Waals surface area contributed by atoms with Crippen molar-refractivity contribution >= 4 is 0 Å². The molecule has 3 aromatic heterocycles. The van der Waals surface area contributed by atoms with Crippen molar-refractivity contribution in [2.45, 2.75) is 46.7 Å². The average Bonchev–Trinajstić information content (AvgIpc) is 2.67.